The van der Waals surface area contributed by atoms with Gasteiger partial charge in [0.1, 0.15) is 0 Å². The highest BCUT2D eigenvalue weighted by atomic mass is 16.3. The van der Waals surface area contributed by atoms with Crippen LogP contribution in [0.1, 0.15) is 36.8 Å². The Bertz CT molecular complexity index is 572. The normalized spacial score (nSPS) is 19.5. The van der Waals surface area contributed by atoms with E-state index < -0.39 is 0 Å². The zero-order valence-corrected chi connectivity index (χ0v) is 14.1. The predicted molar refractivity (Wildman–Crippen MR) is 94.5 cm³/mol. The highest BCUT2D eigenvalue weighted by Gasteiger charge is 2.18. The van der Waals surface area contributed by atoms with Crippen LogP contribution in [0.2, 0.25) is 0 Å². The average Bonchev–Trinajstić information content (AvgIpc) is 3.09. The molecule has 5 heteroatoms. The van der Waals surface area contributed by atoms with Gasteiger partial charge >= 0.3 is 6.03 Å². The summed E-state index contributed by atoms with van der Waals surface area (Å²) in [6.07, 6.45) is 7.60. The Morgan fingerprint density at radius 1 is 1.12 bits per heavy atom. The lowest BCUT2D eigenvalue weighted by atomic mass is 10.0. The van der Waals surface area contributed by atoms with E-state index in [2.05, 4.69) is 39.8 Å². The first-order chi connectivity index (χ1) is 11.7. The van der Waals surface area contributed by atoms with Crippen molar-refractivity contribution >= 4 is 6.03 Å². The fraction of sp³-hybridized carbons (Fsp3) is 0.526. The van der Waals surface area contributed by atoms with Crippen molar-refractivity contribution in [2.75, 3.05) is 13.1 Å². The number of nitrogens with one attached hydrogen (secondary N) is 2. The summed E-state index contributed by atoms with van der Waals surface area (Å²) in [7, 11) is 0. The minimum Gasteiger partial charge on any atom is -0.393 e. The van der Waals surface area contributed by atoms with Crippen LogP contribution in [-0.2, 0) is 13.1 Å². The van der Waals surface area contributed by atoms with E-state index in [0.29, 0.717) is 6.54 Å². The Kier molecular flexibility index (Phi) is 5.88. The van der Waals surface area contributed by atoms with Gasteiger partial charge in [-0.2, -0.15) is 0 Å². The molecule has 1 saturated heterocycles. The lowest BCUT2D eigenvalue weighted by molar-refractivity contribution is 0.0791. The molecule has 0 atom stereocenters. The fourth-order valence-corrected chi connectivity index (χ4v) is 3.35. The molecule has 5 nitrogen and oxygen atoms in total. The molecular formula is C19H27N3O2. The van der Waals surface area contributed by atoms with Crippen molar-refractivity contribution in [3.8, 4) is 0 Å². The van der Waals surface area contributed by atoms with Gasteiger partial charge < -0.3 is 15.7 Å². The number of hydrogen-bond acceptors (Lipinski definition) is 3. The number of benzene rings is 1. The van der Waals surface area contributed by atoms with Gasteiger partial charge in [-0.25, -0.2) is 4.79 Å². The van der Waals surface area contributed by atoms with Crippen LogP contribution in [0, 0.1) is 0 Å². The Morgan fingerprint density at radius 2 is 1.79 bits per heavy atom. The van der Waals surface area contributed by atoms with Crippen molar-refractivity contribution < 1.29 is 9.90 Å². The summed E-state index contributed by atoms with van der Waals surface area (Å²) in [4.78, 5) is 14.4. The van der Waals surface area contributed by atoms with Crippen molar-refractivity contribution in [3.63, 3.8) is 0 Å². The number of rotatable bonds is 5. The second-order valence-electron chi connectivity index (χ2n) is 6.74. The molecular weight excluding hydrogens is 302 g/mol. The van der Waals surface area contributed by atoms with Gasteiger partial charge in [0.25, 0.3) is 0 Å². The number of likely N-dealkylation sites (tertiary alicyclic amines) is 1. The van der Waals surface area contributed by atoms with Crippen LogP contribution >= 0.6 is 0 Å². The number of urea groups is 1. The molecule has 1 aliphatic carbocycles. The van der Waals surface area contributed by atoms with Crippen LogP contribution in [0.3, 0.4) is 0 Å². The molecule has 0 saturated carbocycles. The second kappa shape index (κ2) is 8.31. The SMILES string of the molecule is O=C(NCc1ccccc1CN1CCC(O)CC1)NC1CC=CC1. The zero-order chi connectivity index (χ0) is 16.8. The molecule has 2 aliphatic rings. The molecule has 1 heterocycles. The van der Waals surface area contributed by atoms with Crippen molar-refractivity contribution in [2.45, 2.75) is 50.9 Å². The summed E-state index contributed by atoms with van der Waals surface area (Å²) < 4.78 is 0. The van der Waals surface area contributed by atoms with Gasteiger partial charge in [-0.1, -0.05) is 36.4 Å². The zero-order valence-electron chi connectivity index (χ0n) is 14.1. The summed E-state index contributed by atoms with van der Waals surface area (Å²) in [6.45, 7) is 3.27. The topological polar surface area (TPSA) is 64.6 Å². The number of hydrogen-bond donors (Lipinski definition) is 3. The molecule has 3 rings (SSSR count). The first-order valence-electron chi connectivity index (χ1n) is 8.87. The van der Waals surface area contributed by atoms with Crippen molar-refractivity contribution in [1.29, 1.82) is 0 Å². The van der Waals surface area contributed by atoms with Gasteiger partial charge in [0.15, 0.2) is 0 Å². The van der Waals surface area contributed by atoms with Crippen molar-refractivity contribution in [1.82, 2.24) is 15.5 Å². The molecule has 3 N–H and O–H groups in total. The number of nitrogens with zero attached hydrogens (tertiary/aromatic N) is 1. The Labute approximate surface area is 143 Å². The van der Waals surface area contributed by atoms with E-state index in [-0.39, 0.29) is 18.2 Å². The lowest BCUT2D eigenvalue weighted by Crippen LogP contribution is -2.41. The molecule has 130 valence electrons. The van der Waals surface area contributed by atoms with Gasteiger partial charge in [-0.3, -0.25) is 4.90 Å². The molecule has 0 aromatic heterocycles. The molecule has 1 aliphatic heterocycles. The van der Waals surface area contributed by atoms with Crippen LogP contribution in [-0.4, -0.2) is 41.3 Å². The summed E-state index contributed by atoms with van der Waals surface area (Å²) in [5, 5.41) is 15.6. The van der Waals surface area contributed by atoms with Crippen LogP contribution in [0.4, 0.5) is 4.79 Å². The molecule has 2 amide bonds. The molecule has 0 radical (unpaired) electrons. The maximum absolute atomic E-state index is 12.0. The van der Waals surface area contributed by atoms with Crippen LogP contribution < -0.4 is 10.6 Å². The third kappa shape index (κ3) is 4.82. The second-order valence-corrected chi connectivity index (χ2v) is 6.74. The monoisotopic (exact) mass is 329 g/mol. The predicted octanol–water partition coefficient (Wildman–Crippen LogP) is 2.16. The molecule has 1 fully saturated rings. The van der Waals surface area contributed by atoms with Gasteiger partial charge in [-0.05, 0) is 36.8 Å². The first-order valence-corrected chi connectivity index (χ1v) is 8.87. The van der Waals surface area contributed by atoms with Gasteiger partial charge in [0.05, 0.1) is 6.10 Å². The Morgan fingerprint density at radius 3 is 2.50 bits per heavy atom. The molecule has 0 bridgehead atoms. The van der Waals surface area contributed by atoms with E-state index in [9.17, 15) is 9.90 Å². The number of amides is 2. The molecule has 1 aromatic carbocycles. The smallest absolute Gasteiger partial charge is 0.315 e. The maximum atomic E-state index is 12.0. The Balaban J connectivity index is 1.50. The minimum atomic E-state index is -0.146. The maximum Gasteiger partial charge on any atom is 0.315 e. The first kappa shape index (κ1) is 17.0. The highest BCUT2D eigenvalue weighted by Crippen LogP contribution is 2.16. The number of carbonyl (C=O) groups excluding carboxylic acids is 1. The standard InChI is InChI=1S/C19H27N3O2/c23-18-9-11-22(12-10-18)14-16-6-2-1-5-15(16)13-20-19(24)21-17-7-3-4-8-17/h1-6,17-18,23H,7-14H2,(H2,20,21,24). The number of aliphatic hydroxyl groups is 1. The van der Waals surface area contributed by atoms with E-state index in [0.717, 1.165) is 50.9 Å². The third-order valence-corrected chi connectivity index (χ3v) is 4.85. The summed E-state index contributed by atoms with van der Waals surface area (Å²) in [6, 6.07) is 8.40. The highest BCUT2D eigenvalue weighted by molar-refractivity contribution is 5.74. The minimum absolute atomic E-state index is 0.0976. The van der Waals surface area contributed by atoms with Crippen LogP contribution in [0.15, 0.2) is 36.4 Å². The lowest BCUT2D eigenvalue weighted by Gasteiger charge is -2.30. The van der Waals surface area contributed by atoms with Crippen LogP contribution in [0.5, 0.6) is 0 Å². The quantitative estimate of drug-likeness (QED) is 0.725. The molecule has 1 aromatic rings. The number of piperidine rings is 1. The van der Waals surface area contributed by atoms with Crippen molar-refractivity contribution in [3.05, 3.63) is 47.5 Å². The van der Waals surface area contributed by atoms with E-state index in [4.69, 9.17) is 0 Å². The van der Waals surface area contributed by atoms with Gasteiger partial charge in [0, 0.05) is 32.2 Å². The van der Waals surface area contributed by atoms with Gasteiger partial charge in [-0.15, -0.1) is 0 Å². The summed E-state index contributed by atoms with van der Waals surface area (Å²) >= 11 is 0. The molecule has 24 heavy (non-hydrogen) atoms. The number of carbonyl (C=O) groups is 1. The van der Waals surface area contributed by atoms with Crippen LogP contribution in [0.25, 0.3) is 0 Å². The number of aliphatic hydroxyl groups excluding tert-OH is 1. The van der Waals surface area contributed by atoms with E-state index in [1.165, 1.54) is 5.56 Å². The fourth-order valence-electron chi connectivity index (χ4n) is 3.35. The average molecular weight is 329 g/mol. The van der Waals surface area contributed by atoms with E-state index in [1.807, 2.05) is 12.1 Å². The van der Waals surface area contributed by atoms with E-state index in [1.54, 1.807) is 0 Å². The third-order valence-electron chi connectivity index (χ3n) is 4.85. The largest absolute Gasteiger partial charge is 0.393 e. The van der Waals surface area contributed by atoms with Gasteiger partial charge in [0.2, 0.25) is 0 Å². The Hall–Kier alpha value is -1.85. The summed E-state index contributed by atoms with van der Waals surface area (Å²) in [5.41, 5.74) is 2.40. The molecule has 0 unspecified atom stereocenters. The van der Waals surface area contributed by atoms with Crippen molar-refractivity contribution in [2.24, 2.45) is 0 Å². The molecule has 0 spiro atoms. The summed E-state index contributed by atoms with van der Waals surface area (Å²) in [5.74, 6) is 0. The van der Waals surface area contributed by atoms with E-state index >= 15 is 0 Å².